The topological polar surface area (TPSA) is 84.2 Å². The fourth-order valence-electron chi connectivity index (χ4n) is 2.60. The van der Waals surface area contributed by atoms with Crippen LogP contribution in [0.15, 0.2) is 0 Å². The summed E-state index contributed by atoms with van der Waals surface area (Å²) in [6.07, 6.45) is 5.37. The first-order valence-electron chi connectivity index (χ1n) is 6.49. The minimum atomic E-state index is -0.0816. The van der Waals surface area contributed by atoms with Crippen molar-refractivity contribution in [3.05, 3.63) is 0 Å². The number of nitrogens with two attached hydrogens (primary N) is 1. The Morgan fingerprint density at radius 3 is 2.71 bits per heavy atom. The monoisotopic (exact) mass is 239 g/mol. The summed E-state index contributed by atoms with van der Waals surface area (Å²) in [6, 6.07) is 0.208. The Hall–Kier alpha value is -1.10. The quantitative estimate of drug-likeness (QED) is 0.629. The van der Waals surface area contributed by atoms with Crippen molar-refractivity contribution in [3.8, 4) is 0 Å². The molecule has 4 N–H and O–H groups in total. The predicted molar refractivity (Wildman–Crippen MR) is 64.1 cm³/mol. The van der Waals surface area contributed by atoms with Crippen molar-refractivity contribution in [2.75, 3.05) is 6.54 Å². The van der Waals surface area contributed by atoms with E-state index in [9.17, 15) is 9.59 Å². The molecule has 2 aliphatic rings. The maximum Gasteiger partial charge on any atom is 0.225 e. The van der Waals surface area contributed by atoms with Crippen molar-refractivity contribution in [1.82, 2.24) is 10.6 Å². The van der Waals surface area contributed by atoms with Gasteiger partial charge in [-0.3, -0.25) is 9.59 Å². The zero-order chi connectivity index (χ0) is 12.3. The van der Waals surface area contributed by atoms with Crippen LogP contribution in [0, 0.1) is 5.92 Å². The van der Waals surface area contributed by atoms with Gasteiger partial charge in [0.1, 0.15) is 0 Å². The third-order valence-electron chi connectivity index (χ3n) is 3.78. The van der Waals surface area contributed by atoms with Crippen LogP contribution in [-0.2, 0) is 9.59 Å². The van der Waals surface area contributed by atoms with Crippen LogP contribution in [0.25, 0.3) is 0 Å². The summed E-state index contributed by atoms with van der Waals surface area (Å²) in [4.78, 5) is 23.0. The molecule has 0 aromatic carbocycles. The van der Waals surface area contributed by atoms with Gasteiger partial charge in [0.15, 0.2) is 0 Å². The van der Waals surface area contributed by atoms with Crippen molar-refractivity contribution in [3.63, 3.8) is 0 Å². The van der Waals surface area contributed by atoms with E-state index in [1.165, 1.54) is 0 Å². The summed E-state index contributed by atoms with van der Waals surface area (Å²) >= 11 is 0. The summed E-state index contributed by atoms with van der Waals surface area (Å²) < 4.78 is 0. The lowest BCUT2D eigenvalue weighted by Gasteiger charge is -2.31. The normalized spacial score (nSPS) is 33.9. The highest BCUT2D eigenvalue weighted by Gasteiger charge is 2.28. The molecular weight excluding hydrogens is 218 g/mol. The minimum Gasteiger partial charge on any atom is -0.355 e. The average Bonchev–Trinajstić information content (AvgIpc) is 2.33. The molecule has 1 aliphatic carbocycles. The molecule has 1 heterocycles. The van der Waals surface area contributed by atoms with Gasteiger partial charge in [0.05, 0.1) is 5.92 Å². The van der Waals surface area contributed by atoms with Crippen molar-refractivity contribution in [2.45, 2.75) is 50.6 Å². The number of hydrogen-bond donors (Lipinski definition) is 3. The van der Waals surface area contributed by atoms with Gasteiger partial charge in [0, 0.05) is 25.0 Å². The van der Waals surface area contributed by atoms with Crippen LogP contribution in [0.1, 0.15) is 38.5 Å². The Morgan fingerprint density at radius 2 is 2.06 bits per heavy atom. The Bertz CT molecular complexity index is 296. The fourth-order valence-corrected chi connectivity index (χ4v) is 2.60. The molecule has 1 aliphatic heterocycles. The summed E-state index contributed by atoms with van der Waals surface area (Å²) in [5.74, 6) is 0.0117. The maximum absolute atomic E-state index is 12.0. The predicted octanol–water partition coefficient (Wildman–Crippen LogP) is -0.101. The number of carbonyl (C=O) groups excluding carboxylic acids is 2. The highest BCUT2D eigenvalue weighted by Crippen LogP contribution is 2.18. The van der Waals surface area contributed by atoms with Crippen LogP contribution in [0.5, 0.6) is 0 Å². The third kappa shape index (κ3) is 3.19. The zero-order valence-electron chi connectivity index (χ0n) is 10.1. The molecule has 17 heavy (non-hydrogen) atoms. The molecule has 3 atom stereocenters. The van der Waals surface area contributed by atoms with E-state index in [4.69, 9.17) is 5.73 Å². The molecular formula is C12H21N3O2. The first kappa shape index (κ1) is 12.4. The summed E-state index contributed by atoms with van der Waals surface area (Å²) in [5, 5.41) is 5.77. The van der Waals surface area contributed by atoms with Gasteiger partial charge < -0.3 is 16.4 Å². The lowest BCUT2D eigenvalue weighted by Crippen LogP contribution is -2.52. The van der Waals surface area contributed by atoms with Gasteiger partial charge in [-0.25, -0.2) is 0 Å². The maximum atomic E-state index is 12.0. The van der Waals surface area contributed by atoms with Crippen LogP contribution in [0.2, 0.25) is 0 Å². The molecule has 0 bridgehead atoms. The summed E-state index contributed by atoms with van der Waals surface area (Å²) in [6.45, 7) is 0.465. The van der Waals surface area contributed by atoms with E-state index in [0.29, 0.717) is 19.4 Å². The molecule has 0 aromatic rings. The van der Waals surface area contributed by atoms with Crippen LogP contribution in [0.4, 0.5) is 0 Å². The second-order valence-corrected chi connectivity index (χ2v) is 5.10. The number of piperidine rings is 1. The fraction of sp³-hybridized carbons (Fsp3) is 0.833. The smallest absolute Gasteiger partial charge is 0.225 e. The molecule has 2 fully saturated rings. The van der Waals surface area contributed by atoms with Gasteiger partial charge in [-0.1, -0.05) is 12.8 Å². The first-order chi connectivity index (χ1) is 8.16. The van der Waals surface area contributed by atoms with Gasteiger partial charge in [-0.15, -0.1) is 0 Å². The minimum absolute atomic E-state index is 0.0448. The van der Waals surface area contributed by atoms with Gasteiger partial charge in [0.2, 0.25) is 11.8 Å². The van der Waals surface area contributed by atoms with Crippen molar-refractivity contribution < 1.29 is 9.59 Å². The van der Waals surface area contributed by atoms with E-state index >= 15 is 0 Å². The van der Waals surface area contributed by atoms with Gasteiger partial charge >= 0.3 is 0 Å². The molecule has 1 saturated carbocycles. The number of rotatable bonds is 2. The highest BCUT2D eigenvalue weighted by atomic mass is 16.2. The number of nitrogens with one attached hydrogen (secondary N) is 2. The van der Waals surface area contributed by atoms with E-state index in [0.717, 1.165) is 25.7 Å². The third-order valence-corrected chi connectivity index (χ3v) is 3.78. The lowest BCUT2D eigenvalue weighted by molar-refractivity contribution is -0.129. The number of carbonyl (C=O) groups is 2. The van der Waals surface area contributed by atoms with E-state index in [1.807, 2.05) is 0 Å². The molecule has 0 radical (unpaired) electrons. The van der Waals surface area contributed by atoms with Gasteiger partial charge in [-0.2, -0.15) is 0 Å². The van der Waals surface area contributed by atoms with Gasteiger partial charge in [-0.05, 0) is 19.3 Å². The molecule has 3 unspecified atom stereocenters. The second kappa shape index (κ2) is 5.49. The molecule has 0 aromatic heterocycles. The molecule has 5 nitrogen and oxygen atoms in total. The van der Waals surface area contributed by atoms with Crippen molar-refractivity contribution in [2.24, 2.45) is 11.7 Å². The van der Waals surface area contributed by atoms with Crippen LogP contribution < -0.4 is 16.4 Å². The second-order valence-electron chi connectivity index (χ2n) is 5.10. The number of hydrogen-bond acceptors (Lipinski definition) is 3. The Kier molecular flexibility index (Phi) is 3.99. The van der Waals surface area contributed by atoms with Crippen molar-refractivity contribution >= 4 is 11.8 Å². The summed E-state index contributed by atoms with van der Waals surface area (Å²) in [7, 11) is 0. The Labute approximate surface area is 102 Å². The van der Waals surface area contributed by atoms with Crippen LogP contribution in [-0.4, -0.2) is 30.4 Å². The molecule has 5 heteroatoms. The van der Waals surface area contributed by atoms with E-state index in [1.54, 1.807) is 0 Å². The Balaban J connectivity index is 1.81. The van der Waals surface area contributed by atoms with Crippen LogP contribution >= 0.6 is 0 Å². The number of amides is 2. The standard InChI is InChI=1S/C12H21N3O2/c13-9-3-1-2-4-10(9)15-12(17)8-5-6-11(16)14-7-8/h8-10H,1-7,13H2,(H,14,16)(H,15,17). The van der Waals surface area contributed by atoms with E-state index in [-0.39, 0.29) is 29.8 Å². The van der Waals surface area contributed by atoms with Crippen molar-refractivity contribution in [1.29, 1.82) is 0 Å². The Morgan fingerprint density at radius 1 is 1.29 bits per heavy atom. The molecule has 2 amide bonds. The van der Waals surface area contributed by atoms with E-state index < -0.39 is 0 Å². The van der Waals surface area contributed by atoms with Gasteiger partial charge in [0.25, 0.3) is 0 Å². The lowest BCUT2D eigenvalue weighted by atomic mass is 9.90. The van der Waals surface area contributed by atoms with E-state index in [2.05, 4.69) is 10.6 Å². The molecule has 2 rings (SSSR count). The first-order valence-corrected chi connectivity index (χ1v) is 6.49. The SMILES string of the molecule is NC1CCCCC1NC(=O)C1CCC(=O)NC1. The van der Waals surface area contributed by atoms with Crippen LogP contribution in [0.3, 0.4) is 0 Å². The molecule has 1 saturated heterocycles. The average molecular weight is 239 g/mol. The molecule has 96 valence electrons. The highest BCUT2D eigenvalue weighted by molar-refractivity contribution is 5.83. The molecule has 0 spiro atoms. The largest absolute Gasteiger partial charge is 0.355 e. The zero-order valence-corrected chi connectivity index (χ0v) is 10.1. The summed E-state index contributed by atoms with van der Waals surface area (Å²) in [5.41, 5.74) is 5.99.